The molecular weight excluding hydrogens is 138 g/mol. The lowest BCUT2D eigenvalue weighted by atomic mass is 9.77. The molecule has 2 nitrogen and oxygen atoms in total. The van der Waals surface area contributed by atoms with Gasteiger partial charge in [0.25, 0.3) is 0 Å². The molecule has 0 bridgehead atoms. The van der Waals surface area contributed by atoms with Crippen LogP contribution in [0.5, 0.6) is 0 Å². The lowest BCUT2D eigenvalue weighted by Crippen LogP contribution is -2.39. The number of nitrogens with one attached hydrogen (secondary N) is 1. The second kappa shape index (κ2) is 2.59. The highest BCUT2D eigenvalue weighted by Crippen LogP contribution is 2.41. The van der Waals surface area contributed by atoms with Crippen LogP contribution < -0.4 is 5.32 Å². The zero-order valence-corrected chi connectivity index (χ0v) is 6.86. The quantitative estimate of drug-likeness (QED) is 0.565. The van der Waals surface area contributed by atoms with E-state index in [0.29, 0.717) is 5.78 Å². The fraction of sp³-hybridized carbons (Fsp3) is 0.889. The average Bonchev–Trinajstić information content (AvgIpc) is 2.36. The maximum Gasteiger partial charge on any atom is 0.139 e. The largest absolute Gasteiger partial charge is 0.317 e. The van der Waals surface area contributed by atoms with Crippen LogP contribution in [0.25, 0.3) is 0 Å². The van der Waals surface area contributed by atoms with Gasteiger partial charge in [-0.15, -0.1) is 0 Å². The van der Waals surface area contributed by atoms with Gasteiger partial charge in [0.15, 0.2) is 0 Å². The van der Waals surface area contributed by atoms with Gasteiger partial charge in [0.1, 0.15) is 5.78 Å². The number of carbonyl (C=O) groups excluding carboxylic acids is 1. The monoisotopic (exact) mass is 153 g/mol. The molecule has 0 unspecified atom stereocenters. The molecule has 1 aliphatic carbocycles. The van der Waals surface area contributed by atoms with Crippen molar-refractivity contribution in [1.29, 1.82) is 0 Å². The van der Waals surface area contributed by atoms with Crippen molar-refractivity contribution in [3.05, 3.63) is 0 Å². The molecule has 1 spiro atoms. The highest BCUT2D eigenvalue weighted by molar-refractivity contribution is 5.86. The van der Waals surface area contributed by atoms with Gasteiger partial charge < -0.3 is 5.32 Å². The number of hydrogen-bond donors (Lipinski definition) is 1. The summed E-state index contributed by atoms with van der Waals surface area (Å²) < 4.78 is 0. The molecule has 1 aliphatic heterocycles. The maximum absolute atomic E-state index is 11.5. The fourth-order valence-corrected chi connectivity index (χ4v) is 2.43. The molecule has 0 aromatic rings. The highest BCUT2D eigenvalue weighted by Gasteiger charge is 2.41. The highest BCUT2D eigenvalue weighted by atomic mass is 16.1. The molecule has 0 aromatic heterocycles. The molecule has 1 saturated carbocycles. The normalized spacial score (nSPS) is 29.6. The summed E-state index contributed by atoms with van der Waals surface area (Å²) >= 11 is 0. The minimum atomic E-state index is 0.130. The van der Waals surface area contributed by atoms with E-state index < -0.39 is 0 Å². The molecule has 1 N–H and O–H groups in total. The van der Waals surface area contributed by atoms with Crippen molar-refractivity contribution >= 4 is 5.78 Å². The Morgan fingerprint density at radius 2 is 1.91 bits per heavy atom. The SMILES string of the molecule is O=C1CCCC12CCNCC2. The van der Waals surface area contributed by atoms with Crippen LogP contribution in [-0.4, -0.2) is 18.9 Å². The molecule has 2 fully saturated rings. The van der Waals surface area contributed by atoms with E-state index in [2.05, 4.69) is 5.32 Å². The Hall–Kier alpha value is -0.370. The van der Waals surface area contributed by atoms with Crippen molar-refractivity contribution in [3.63, 3.8) is 0 Å². The molecule has 62 valence electrons. The lowest BCUT2D eigenvalue weighted by Gasteiger charge is -2.31. The Morgan fingerprint density at radius 3 is 2.45 bits per heavy atom. The zero-order valence-electron chi connectivity index (χ0n) is 6.86. The first-order valence-corrected chi connectivity index (χ1v) is 4.58. The van der Waals surface area contributed by atoms with E-state index in [9.17, 15) is 4.79 Å². The van der Waals surface area contributed by atoms with E-state index in [-0.39, 0.29) is 5.41 Å². The Morgan fingerprint density at radius 1 is 1.18 bits per heavy atom. The number of hydrogen-bond acceptors (Lipinski definition) is 2. The van der Waals surface area contributed by atoms with Gasteiger partial charge in [-0.25, -0.2) is 0 Å². The van der Waals surface area contributed by atoms with Crippen molar-refractivity contribution in [2.45, 2.75) is 32.1 Å². The van der Waals surface area contributed by atoms with E-state index in [4.69, 9.17) is 0 Å². The van der Waals surface area contributed by atoms with Crippen molar-refractivity contribution in [2.75, 3.05) is 13.1 Å². The van der Waals surface area contributed by atoms with Crippen LogP contribution in [0.4, 0.5) is 0 Å². The summed E-state index contributed by atoms with van der Waals surface area (Å²) in [7, 11) is 0. The Balaban J connectivity index is 2.12. The van der Waals surface area contributed by atoms with Crippen LogP contribution in [0.1, 0.15) is 32.1 Å². The smallest absolute Gasteiger partial charge is 0.139 e. The number of ketones is 1. The summed E-state index contributed by atoms with van der Waals surface area (Å²) in [5.41, 5.74) is 0.130. The van der Waals surface area contributed by atoms with Crippen LogP contribution in [0.2, 0.25) is 0 Å². The number of piperidine rings is 1. The summed E-state index contributed by atoms with van der Waals surface area (Å²) in [6.45, 7) is 2.09. The van der Waals surface area contributed by atoms with Crippen LogP contribution in [0.3, 0.4) is 0 Å². The third-order valence-corrected chi connectivity index (χ3v) is 3.21. The number of Topliss-reactive ketones (excluding diaryl/α,β-unsaturated/α-hetero) is 1. The van der Waals surface area contributed by atoms with Gasteiger partial charge in [-0.1, -0.05) is 0 Å². The van der Waals surface area contributed by atoms with Gasteiger partial charge in [-0.3, -0.25) is 4.79 Å². The van der Waals surface area contributed by atoms with Gasteiger partial charge in [0, 0.05) is 11.8 Å². The molecule has 1 saturated heterocycles. The molecule has 0 amide bonds. The van der Waals surface area contributed by atoms with Crippen molar-refractivity contribution < 1.29 is 4.79 Å². The summed E-state index contributed by atoms with van der Waals surface area (Å²) in [6, 6.07) is 0. The van der Waals surface area contributed by atoms with E-state index in [1.165, 1.54) is 0 Å². The molecule has 2 heteroatoms. The first-order chi connectivity index (χ1) is 5.33. The summed E-state index contributed by atoms with van der Waals surface area (Å²) in [5.74, 6) is 0.541. The third kappa shape index (κ3) is 1.09. The van der Waals surface area contributed by atoms with Crippen molar-refractivity contribution in [2.24, 2.45) is 5.41 Å². The first kappa shape index (κ1) is 7.29. The third-order valence-electron chi connectivity index (χ3n) is 3.21. The van der Waals surface area contributed by atoms with E-state index in [0.717, 1.165) is 45.2 Å². The maximum atomic E-state index is 11.5. The Kier molecular flexibility index (Phi) is 1.72. The van der Waals surface area contributed by atoms with Gasteiger partial charge in [0.05, 0.1) is 0 Å². The van der Waals surface area contributed by atoms with Gasteiger partial charge in [-0.2, -0.15) is 0 Å². The van der Waals surface area contributed by atoms with Gasteiger partial charge >= 0.3 is 0 Å². The molecule has 2 rings (SSSR count). The topological polar surface area (TPSA) is 29.1 Å². The average molecular weight is 153 g/mol. The number of carbonyl (C=O) groups is 1. The second-order valence-corrected chi connectivity index (χ2v) is 3.81. The molecule has 0 aromatic carbocycles. The lowest BCUT2D eigenvalue weighted by molar-refractivity contribution is -0.127. The number of rotatable bonds is 0. The molecule has 0 atom stereocenters. The molecule has 11 heavy (non-hydrogen) atoms. The van der Waals surface area contributed by atoms with Crippen LogP contribution in [0, 0.1) is 5.41 Å². The van der Waals surface area contributed by atoms with E-state index >= 15 is 0 Å². The van der Waals surface area contributed by atoms with Gasteiger partial charge in [-0.05, 0) is 38.8 Å². The van der Waals surface area contributed by atoms with E-state index in [1.54, 1.807) is 0 Å². The Labute approximate surface area is 67.4 Å². The first-order valence-electron chi connectivity index (χ1n) is 4.58. The summed E-state index contributed by atoms with van der Waals surface area (Å²) in [4.78, 5) is 11.5. The minimum Gasteiger partial charge on any atom is -0.317 e. The molecule has 1 heterocycles. The van der Waals surface area contributed by atoms with Crippen LogP contribution in [-0.2, 0) is 4.79 Å². The van der Waals surface area contributed by atoms with E-state index in [1.807, 2.05) is 0 Å². The fourth-order valence-electron chi connectivity index (χ4n) is 2.43. The minimum absolute atomic E-state index is 0.130. The Bertz CT molecular complexity index is 170. The van der Waals surface area contributed by atoms with Crippen LogP contribution >= 0.6 is 0 Å². The molecular formula is C9H15NO. The molecule has 0 radical (unpaired) electrons. The second-order valence-electron chi connectivity index (χ2n) is 3.81. The van der Waals surface area contributed by atoms with Gasteiger partial charge in [0.2, 0.25) is 0 Å². The predicted molar refractivity (Wildman–Crippen MR) is 43.4 cm³/mol. The van der Waals surface area contributed by atoms with Crippen LogP contribution in [0.15, 0.2) is 0 Å². The standard InChI is InChI=1S/C9H15NO/c11-8-2-1-3-9(8)4-6-10-7-5-9/h10H,1-7H2. The zero-order chi connectivity index (χ0) is 7.73. The van der Waals surface area contributed by atoms with Crippen molar-refractivity contribution in [3.8, 4) is 0 Å². The molecule has 2 aliphatic rings. The summed E-state index contributed by atoms with van der Waals surface area (Å²) in [5, 5.41) is 3.30. The summed E-state index contributed by atoms with van der Waals surface area (Å²) in [6.07, 6.45) is 5.32. The van der Waals surface area contributed by atoms with Crippen molar-refractivity contribution in [1.82, 2.24) is 5.32 Å². The predicted octanol–water partition coefficient (Wildman–Crippen LogP) is 1.11.